The van der Waals surface area contributed by atoms with Gasteiger partial charge in [-0.15, -0.1) is 0 Å². The van der Waals surface area contributed by atoms with Crippen LogP contribution < -0.4 is 10.6 Å². The lowest BCUT2D eigenvalue weighted by Gasteiger charge is -2.33. The Balaban J connectivity index is 1.94. The largest absolute Gasteiger partial charge is 0.371 e. The molecule has 2 fully saturated rings. The van der Waals surface area contributed by atoms with Crippen LogP contribution in [-0.2, 0) is 35.3 Å². The van der Waals surface area contributed by atoms with Gasteiger partial charge in [0.15, 0.2) is 0 Å². The second kappa shape index (κ2) is 13.1. The van der Waals surface area contributed by atoms with E-state index in [2.05, 4.69) is 10.6 Å². The summed E-state index contributed by atoms with van der Waals surface area (Å²) in [5, 5.41) is 5.57. The van der Waals surface area contributed by atoms with Crippen LogP contribution in [0, 0.1) is 5.92 Å². The first-order chi connectivity index (χ1) is 18.4. The summed E-state index contributed by atoms with van der Waals surface area (Å²) in [6, 6.07) is 5.74. The lowest BCUT2D eigenvalue weighted by atomic mass is 10.0. The van der Waals surface area contributed by atoms with E-state index in [4.69, 9.17) is 4.74 Å². The molecule has 5 unspecified atom stereocenters. The Morgan fingerprint density at radius 1 is 0.923 bits per heavy atom. The molecule has 11 heteroatoms. The summed E-state index contributed by atoms with van der Waals surface area (Å²) >= 11 is 0. The number of nitrogens with zero attached hydrogens (tertiary/aromatic N) is 3. The van der Waals surface area contributed by atoms with Crippen molar-refractivity contribution in [2.24, 2.45) is 5.92 Å². The molecule has 1 aromatic rings. The highest BCUT2D eigenvalue weighted by molar-refractivity contribution is 5.97. The lowest BCUT2D eigenvalue weighted by Crippen LogP contribution is -2.61. The Morgan fingerprint density at radius 3 is 2.21 bits per heavy atom. The molecular weight excluding hydrogens is 502 g/mol. The predicted molar refractivity (Wildman–Crippen MR) is 144 cm³/mol. The minimum absolute atomic E-state index is 0.214. The minimum Gasteiger partial charge on any atom is -0.371 e. The van der Waals surface area contributed by atoms with Gasteiger partial charge < -0.3 is 30.1 Å². The molecule has 5 atom stereocenters. The van der Waals surface area contributed by atoms with E-state index in [0.29, 0.717) is 19.4 Å². The molecule has 2 aliphatic rings. The van der Waals surface area contributed by atoms with Gasteiger partial charge in [-0.2, -0.15) is 0 Å². The van der Waals surface area contributed by atoms with Gasteiger partial charge in [-0.25, -0.2) is 0 Å². The topological polar surface area (TPSA) is 128 Å². The van der Waals surface area contributed by atoms with Crippen molar-refractivity contribution in [3.05, 3.63) is 35.9 Å². The number of ether oxygens (including phenoxy) is 1. The highest BCUT2D eigenvalue weighted by atomic mass is 16.5. The number of amides is 5. The molecule has 2 saturated heterocycles. The van der Waals surface area contributed by atoms with Crippen LogP contribution >= 0.6 is 0 Å². The van der Waals surface area contributed by atoms with Crippen LogP contribution in [0.5, 0.6) is 0 Å². The van der Waals surface area contributed by atoms with Crippen molar-refractivity contribution in [2.45, 2.75) is 77.4 Å². The Labute approximate surface area is 230 Å². The van der Waals surface area contributed by atoms with Gasteiger partial charge in [0.25, 0.3) is 0 Å². The number of likely N-dealkylation sites (N-methyl/N-ethyl adjacent to an activating group) is 2. The smallest absolute Gasteiger partial charge is 0.246 e. The van der Waals surface area contributed by atoms with Crippen molar-refractivity contribution in [3.8, 4) is 0 Å². The third-order valence-corrected chi connectivity index (χ3v) is 7.56. The molecule has 0 spiro atoms. The number of nitrogens with one attached hydrogen (secondary N) is 2. The summed E-state index contributed by atoms with van der Waals surface area (Å²) in [4.78, 5) is 70.8. The number of rotatable bonds is 5. The van der Waals surface area contributed by atoms with E-state index >= 15 is 0 Å². The first kappa shape index (κ1) is 30.1. The number of fused-ring (bicyclic) bond motifs is 1. The van der Waals surface area contributed by atoms with Crippen molar-refractivity contribution in [2.75, 3.05) is 27.2 Å². The van der Waals surface area contributed by atoms with Crippen molar-refractivity contribution >= 4 is 29.5 Å². The molecule has 2 aliphatic heterocycles. The van der Waals surface area contributed by atoms with Gasteiger partial charge in [-0.1, -0.05) is 44.2 Å². The lowest BCUT2D eigenvalue weighted by molar-refractivity contribution is -0.148. The van der Waals surface area contributed by atoms with Crippen molar-refractivity contribution in [3.63, 3.8) is 0 Å². The molecule has 0 bridgehead atoms. The van der Waals surface area contributed by atoms with Gasteiger partial charge in [0.05, 0.1) is 19.3 Å². The molecule has 0 aromatic heterocycles. The van der Waals surface area contributed by atoms with Crippen LogP contribution in [0.1, 0.15) is 46.1 Å². The summed E-state index contributed by atoms with van der Waals surface area (Å²) < 4.78 is 5.98. The summed E-state index contributed by atoms with van der Waals surface area (Å²) in [6.45, 7) is 7.21. The van der Waals surface area contributed by atoms with E-state index in [1.807, 2.05) is 44.2 Å². The van der Waals surface area contributed by atoms with E-state index in [0.717, 1.165) is 5.56 Å². The van der Waals surface area contributed by atoms with Gasteiger partial charge in [0.1, 0.15) is 24.2 Å². The van der Waals surface area contributed by atoms with Crippen LogP contribution in [0.25, 0.3) is 0 Å². The Morgan fingerprint density at radius 2 is 1.56 bits per heavy atom. The average molecular weight is 544 g/mol. The van der Waals surface area contributed by atoms with Crippen LogP contribution in [0.4, 0.5) is 0 Å². The van der Waals surface area contributed by atoms with Gasteiger partial charge in [0, 0.05) is 20.6 Å². The normalized spacial score (nSPS) is 26.6. The summed E-state index contributed by atoms with van der Waals surface area (Å²) in [5.41, 5.74) is 0.899. The summed E-state index contributed by atoms with van der Waals surface area (Å²) in [5.74, 6) is -2.56. The zero-order valence-corrected chi connectivity index (χ0v) is 23.7. The van der Waals surface area contributed by atoms with Crippen molar-refractivity contribution in [1.29, 1.82) is 0 Å². The molecule has 1 aromatic carbocycles. The number of carbonyl (C=O) groups excluding carboxylic acids is 5. The predicted octanol–water partition coefficient (Wildman–Crippen LogP) is 0.527. The third kappa shape index (κ3) is 7.14. The van der Waals surface area contributed by atoms with E-state index in [1.54, 1.807) is 13.8 Å². The second-order valence-electron chi connectivity index (χ2n) is 10.8. The summed E-state index contributed by atoms with van der Waals surface area (Å²) in [6.07, 6.45) is 0.359. The van der Waals surface area contributed by atoms with Gasteiger partial charge in [-0.3, -0.25) is 24.0 Å². The molecule has 214 valence electrons. The first-order valence-electron chi connectivity index (χ1n) is 13.5. The van der Waals surface area contributed by atoms with Gasteiger partial charge in [-0.05, 0) is 38.2 Å². The van der Waals surface area contributed by atoms with Crippen molar-refractivity contribution in [1.82, 2.24) is 25.3 Å². The zero-order chi connectivity index (χ0) is 28.9. The standard InChI is InChI=1S/C28H41N5O6/c1-17(2)23-28(38)33-14-10-13-21(33)27(37)31(5)15-22(34)32(6)18(3)25(35)30-24(26(36)29-23)19(4)39-16-20-11-8-7-9-12-20/h7-9,11-12,17-19,21,23-24H,10,13-16H2,1-6H3,(H,29,36)(H,30,35). The number of hydrogen-bond acceptors (Lipinski definition) is 6. The molecule has 39 heavy (non-hydrogen) atoms. The van der Waals surface area contributed by atoms with Crippen LogP contribution in [0.3, 0.4) is 0 Å². The average Bonchev–Trinajstić information content (AvgIpc) is 3.41. The molecule has 0 saturated carbocycles. The third-order valence-electron chi connectivity index (χ3n) is 7.56. The fourth-order valence-electron chi connectivity index (χ4n) is 4.83. The maximum absolute atomic E-state index is 13.7. The minimum atomic E-state index is -1.13. The number of hydrogen-bond donors (Lipinski definition) is 2. The highest BCUT2D eigenvalue weighted by Gasteiger charge is 2.42. The molecule has 0 aliphatic carbocycles. The SMILES string of the molecule is CC(C)C1NC(=O)C(C(C)OCc2ccccc2)NC(=O)C(C)N(C)C(=O)CN(C)C(=O)C2CCCN2C1=O. The van der Waals surface area contributed by atoms with Crippen LogP contribution in [-0.4, -0.2) is 102 Å². The molecule has 3 rings (SSSR count). The Hall–Kier alpha value is -3.47. The van der Waals surface area contributed by atoms with Crippen LogP contribution in [0.2, 0.25) is 0 Å². The number of benzene rings is 1. The van der Waals surface area contributed by atoms with Gasteiger partial charge in [0.2, 0.25) is 29.5 Å². The van der Waals surface area contributed by atoms with E-state index in [-0.39, 0.29) is 30.9 Å². The van der Waals surface area contributed by atoms with E-state index in [9.17, 15) is 24.0 Å². The molecule has 2 heterocycles. The van der Waals surface area contributed by atoms with E-state index in [1.165, 1.54) is 28.8 Å². The highest BCUT2D eigenvalue weighted by Crippen LogP contribution is 2.22. The fourth-order valence-corrected chi connectivity index (χ4v) is 4.83. The zero-order valence-electron chi connectivity index (χ0n) is 23.7. The van der Waals surface area contributed by atoms with Crippen molar-refractivity contribution < 1.29 is 28.7 Å². The first-order valence-corrected chi connectivity index (χ1v) is 13.5. The second-order valence-corrected chi connectivity index (χ2v) is 10.8. The quantitative estimate of drug-likeness (QED) is 0.558. The summed E-state index contributed by atoms with van der Waals surface area (Å²) in [7, 11) is 2.99. The maximum atomic E-state index is 13.7. The molecule has 5 amide bonds. The van der Waals surface area contributed by atoms with Gasteiger partial charge >= 0.3 is 0 Å². The Kier molecular flexibility index (Phi) is 10.1. The molecular formula is C28H41N5O6. The maximum Gasteiger partial charge on any atom is 0.246 e. The molecule has 2 N–H and O–H groups in total. The monoisotopic (exact) mass is 543 g/mol. The van der Waals surface area contributed by atoms with Crippen LogP contribution in [0.15, 0.2) is 30.3 Å². The number of carbonyl (C=O) groups is 5. The molecule has 11 nitrogen and oxygen atoms in total. The Bertz CT molecular complexity index is 1060. The fraction of sp³-hybridized carbons (Fsp3) is 0.607. The van der Waals surface area contributed by atoms with E-state index < -0.39 is 48.0 Å². The molecule has 0 radical (unpaired) electrons.